The van der Waals surface area contributed by atoms with Gasteiger partial charge in [0, 0.05) is 66.5 Å². The van der Waals surface area contributed by atoms with Crippen LogP contribution in [0.5, 0.6) is 0 Å². The molecule has 0 aromatic carbocycles. The molecule has 11 fully saturated rings. The molecule has 0 radical (unpaired) electrons. The van der Waals surface area contributed by atoms with Crippen molar-refractivity contribution in [2.45, 2.75) is 289 Å². The SMILES string of the molecule is C=C1CC(c2nnc(C3CC(CC(C)C)C3)n2C2CC2)[C@@H](C(=O)OC)C1.C=C1C[C@H](C(=O)O)[C@@H](c2nnc(C3CC(CC(C)C)C3)n2C2CC2)C1.C=C1C[C@H](C(=O)OC)[C@@H](c2nnc(C3CC(CC(C)C)C3)n2C2CC2)C1.CC(=O)O.CSC(=NC1CC1)C1CC(CC(C)C)C1.I.[NH-]O.[Na+]. The first-order chi connectivity index (χ1) is 46.8. The molecular weight excluding hydrogens is 1400 g/mol. The number of carbonyl (C=O) groups excluding carboxylic acids is 2. The molecule has 100 heavy (non-hydrogen) atoms. The van der Waals surface area contributed by atoms with Crippen molar-refractivity contribution >= 4 is 64.7 Å². The number of thioether (sulfide) groups is 1. The van der Waals surface area contributed by atoms with Gasteiger partial charge in [0.2, 0.25) is 0 Å². The second kappa shape index (κ2) is 37.9. The number of nitrogens with zero attached hydrogens (tertiary/aromatic N) is 10. The second-order valence-electron chi connectivity index (χ2n) is 33.1. The fourth-order valence-corrected chi connectivity index (χ4v) is 18.2. The Kier molecular flexibility index (Phi) is 31.7. The van der Waals surface area contributed by atoms with Crippen LogP contribution < -0.4 is 29.6 Å². The minimum Gasteiger partial charge on any atom is -0.553 e. The van der Waals surface area contributed by atoms with Gasteiger partial charge in [0.1, 0.15) is 34.9 Å². The number of hydrogen-bond donors (Lipinski definition) is 3. The van der Waals surface area contributed by atoms with E-state index in [0.29, 0.717) is 61.2 Å². The molecule has 6 atom stereocenters. The summed E-state index contributed by atoms with van der Waals surface area (Å²) in [7, 11) is 2.95. The molecule has 11 saturated carbocycles. The molecule has 1 unspecified atom stereocenters. The fourth-order valence-electron chi connectivity index (χ4n) is 17.4. The summed E-state index contributed by atoms with van der Waals surface area (Å²) in [5.74, 6) is 17.7. The van der Waals surface area contributed by atoms with Crippen LogP contribution in [0, 0.1) is 71.0 Å². The van der Waals surface area contributed by atoms with Crippen LogP contribution in [0.15, 0.2) is 41.4 Å². The third-order valence-corrected chi connectivity index (χ3v) is 23.3. The van der Waals surface area contributed by atoms with Gasteiger partial charge in [-0.2, -0.15) is 0 Å². The number of hydrogen-bond acceptors (Lipinski definition) is 15. The maximum atomic E-state index is 12.3. The van der Waals surface area contributed by atoms with E-state index in [9.17, 15) is 19.5 Å². The average molecular weight is 1530 g/mol. The summed E-state index contributed by atoms with van der Waals surface area (Å²) in [6, 6.07) is 2.27. The summed E-state index contributed by atoms with van der Waals surface area (Å²) in [5, 5.41) is 52.3. The summed E-state index contributed by atoms with van der Waals surface area (Å²) in [4.78, 5) is 50.1. The van der Waals surface area contributed by atoms with E-state index >= 15 is 0 Å². The molecule has 3 aromatic heterocycles. The summed E-state index contributed by atoms with van der Waals surface area (Å²) in [6.07, 6.45) is 31.9. The Balaban J connectivity index is 0.000000184. The molecule has 0 saturated heterocycles. The van der Waals surface area contributed by atoms with E-state index < -0.39 is 17.9 Å². The van der Waals surface area contributed by atoms with Crippen LogP contribution in [0.2, 0.25) is 0 Å². The van der Waals surface area contributed by atoms with Crippen LogP contribution in [0.3, 0.4) is 0 Å². The van der Waals surface area contributed by atoms with Gasteiger partial charge in [0.25, 0.3) is 5.97 Å². The molecule has 20 nitrogen and oxygen atoms in total. The number of rotatable bonds is 22. The van der Waals surface area contributed by atoms with E-state index in [1.54, 1.807) is 0 Å². The monoisotopic (exact) mass is 1530 g/mol. The van der Waals surface area contributed by atoms with Crippen molar-refractivity contribution in [2.24, 2.45) is 76.0 Å². The first kappa shape index (κ1) is 83.5. The number of nitrogens with one attached hydrogen (secondary N) is 1. The average Bonchev–Trinajstić information content (AvgIpc) is 1.62. The van der Waals surface area contributed by atoms with E-state index in [4.69, 9.17) is 35.5 Å². The first-order valence-corrected chi connectivity index (χ1v) is 38.8. The van der Waals surface area contributed by atoms with E-state index in [2.05, 4.69) is 126 Å². The van der Waals surface area contributed by atoms with E-state index in [0.717, 1.165) is 119 Å². The van der Waals surface area contributed by atoms with Crippen molar-refractivity contribution < 1.29 is 73.6 Å². The van der Waals surface area contributed by atoms with Crippen LogP contribution in [0.25, 0.3) is 5.90 Å². The predicted molar refractivity (Wildman–Crippen MR) is 400 cm³/mol. The molecule has 23 heteroatoms. The third kappa shape index (κ3) is 21.9. The van der Waals surface area contributed by atoms with Crippen molar-refractivity contribution in [3.05, 3.63) is 77.3 Å². The number of carbonyl (C=O) groups is 4. The number of methoxy groups -OCH3 is 2. The van der Waals surface area contributed by atoms with Gasteiger partial charge in [-0.3, -0.25) is 24.2 Å². The zero-order chi connectivity index (χ0) is 71.0. The molecule has 3 aromatic rings. The molecule has 0 spiro atoms. The van der Waals surface area contributed by atoms with Gasteiger partial charge in [0.05, 0.1) is 43.1 Å². The molecule has 0 bridgehead atoms. The van der Waals surface area contributed by atoms with Gasteiger partial charge in [-0.1, -0.05) is 91.8 Å². The predicted octanol–water partition coefficient (Wildman–Crippen LogP) is 15.2. The number of ether oxygens (including phenoxy) is 2. The normalized spacial score (nSPS) is 29.4. The maximum absolute atomic E-state index is 12.3. The number of allylic oxidation sites excluding steroid dienone is 3. The van der Waals surface area contributed by atoms with Gasteiger partial charge >= 0.3 is 47.5 Å². The Morgan fingerprint density at radius 1 is 0.490 bits per heavy atom. The van der Waals surface area contributed by atoms with Crippen LogP contribution in [0.1, 0.15) is 318 Å². The molecule has 0 amide bonds. The maximum Gasteiger partial charge on any atom is 1.00 e. The Morgan fingerprint density at radius 2 is 0.760 bits per heavy atom. The zero-order valence-electron chi connectivity index (χ0n) is 62.8. The number of aliphatic carboxylic acids is 2. The van der Waals surface area contributed by atoms with E-state index in [-0.39, 0.29) is 95.1 Å². The number of carboxylic acid groups (broad SMARTS) is 2. The van der Waals surface area contributed by atoms with Crippen molar-refractivity contribution in [3.63, 3.8) is 0 Å². The van der Waals surface area contributed by atoms with Crippen molar-refractivity contribution in [1.82, 2.24) is 44.3 Å². The number of halogens is 1. The molecule has 0 aliphatic heterocycles. The Bertz CT molecular complexity index is 3130. The zero-order valence-corrected chi connectivity index (χ0v) is 67.9. The molecule has 11 aliphatic rings. The Morgan fingerprint density at radius 3 is 1.01 bits per heavy atom. The second-order valence-corrected chi connectivity index (χ2v) is 34.0. The van der Waals surface area contributed by atoms with Crippen molar-refractivity contribution in [2.75, 3.05) is 20.5 Å². The van der Waals surface area contributed by atoms with Crippen LogP contribution in [0.4, 0.5) is 0 Å². The largest absolute Gasteiger partial charge is 1.00 e. The van der Waals surface area contributed by atoms with Gasteiger partial charge in [-0.15, -0.1) is 66.3 Å². The van der Waals surface area contributed by atoms with Crippen LogP contribution in [-0.4, -0.2) is 115 Å². The van der Waals surface area contributed by atoms with Gasteiger partial charge < -0.3 is 44.5 Å². The minimum absolute atomic E-state index is 0. The molecular formula is C77H121IN11NaO9S. The Hall–Kier alpha value is -3.81. The third-order valence-electron chi connectivity index (χ3n) is 22.5. The molecule has 11 aliphatic carbocycles. The minimum atomic E-state index is -0.833. The number of aliphatic imine (C=N–C) groups is 1. The smallest absolute Gasteiger partial charge is 0.553 e. The van der Waals surface area contributed by atoms with Gasteiger partial charge in [-0.25, -0.2) is 0 Å². The number of carboxylic acids is 2. The molecule has 3 heterocycles. The summed E-state index contributed by atoms with van der Waals surface area (Å²) >= 11 is 1.89. The van der Waals surface area contributed by atoms with Crippen molar-refractivity contribution in [1.29, 1.82) is 0 Å². The number of aromatic nitrogens is 9. The number of esters is 2. The summed E-state index contributed by atoms with van der Waals surface area (Å²) < 4.78 is 17.2. The van der Waals surface area contributed by atoms with Crippen LogP contribution in [-0.2, 0) is 28.7 Å². The molecule has 14 rings (SSSR count). The molecule has 4 N–H and O–H groups in total. The fraction of sp³-hybridized carbons (Fsp3) is 0.779. The van der Waals surface area contributed by atoms with Crippen LogP contribution >= 0.6 is 35.7 Å². The topological polar surface area (TPSA) is 276 Å². The summed E-state index contributed by atoms with van der Waals surface area (Å²) in [6.45, 7) is 31.8. The van der Waals surface area contributed by atoms with E-state index in [1.807, 2.05) is 11.8 Å². The van der Waals surface area contributed by atoms with Gasteiger partial charge in [0.15, 0.2) is 0 Å². The quantitative estimate of drug-likeness (QED) is 0.0160. The molecule has 552 valence electrons. The Labute approximate surface area is 640 Å². The first-order valence-electron chi connectivity index (χ1n) is 37.6. The van der Waals surface area contributed by atoms with Gasteiger partial charge in [-0.05, 0) is 221 Å². The summed E-state index contributed by atoms with van der Waals surface area (Å²) in [5.41, 5.74) is 3.28. The van der Waals surface area contributed by atoms with Crippen molar-refractivity contribution in [3.8, 4) is 0 Å². The van der Waals surface area contributed by atoms with E-state index in [1.165, 1.54) is 159 Å². The standard InChI is InChI=1S/2C21H31N3O2.C20H29N3O2.C13H23NS.C2H4O2.HI.H2NO.Na/c2*1-12(2)7-14-10-15(11-14)19-22-23-20(24(19)16-5-6-16)17-8-13(3)9-18(17)21(25)26-4;1-11(2)6-13-9-14(10-13)18-21-22-19(23(18)15-4-5-15)16-7-12(3)8-17(16)20(24)25;1-9(2)6-10-7-11(8-10)13(15-3)14-12-4-5-12;1-2(3)4;;1-2;/h2*12,14-18H,3,5-11H2,1-2,4H3;11,13-17H,3-10H2,1-2H3,(H,24,25);9-12H,4-8H2,1-3H3;1H3,(H,3,4);1H;1-2H;/q;;;;;;-1;+1/t14?,15?,17?,18-;14?,15?,17-,18-;13?,14?,16-,17-;;;;;/m000...../s1.